The highest BCUT2D eigenvalue weighted by atomic mass is 79.9. The van der Waals surface area contributed by atoms with Crippen LogP contribution in [0.3, 0.4) is 0 Å². The monoisotopic (exact) mass is 402 g/mol. The number of hydrogen-bond donors (Lipinski definition) is 1. The number of anilines is 1. The fraction of sp³-hybridized carbons (Fsp3) is 0.353. The molecular weight excluding hydrogens is 384 g/mol. The molecule has 4 heterocycles. The Balaban J connectivity index is 1.69. The van der Waals surface area contributed by atoms with Crippen LogP contribution in [0, 0.1) is 0 Å². The molecule has 1 aliphatic rings. The van der Waals surface area contributed by atoms with Crippen molar-refractivity contribution in [1.82, 2.24) is 24.4 Å². The lowest BCUT2D eigenvalue weighted by molar-refractivity contribution is 0.0365. The summed E-state index contributed by atoms with van der Waals surface area (Å²) < 4.78 is 8.45. The van der Waals surface area contributed by atoms with E-state index in [0.717, 1.165) is 66.2 Å². The Bertz CT molecular complexity index is 890. The van der Waals surface area contributed by atoms with Crippen LogP contribution >= 0.6 is 15.9 Å². The van der Waals surface area contributed by atoms with Gasteiger partial charge in [-0.2, -0.15) is 0 Å². The zero-order chi connectivity index (χ0) is 17.2. The minimum Gasteiger partial charge on any atom is -0.379 e. The van der Waals surface area contributed by atoms with Crippen molar-refractivity contribution in [2.75, 3.05) is 38.6 Å². The van der Waals surface area contributed by atoms with Gasteiger partial charge in [0.25, 0.3) is 0 Å². The Morgan fingerprint density at radius 2 is 2.04 bits per heavy atom. The Labute approximate surface area is 154 Å². The van der Waals surface area contributed by atoms with E-state index in [9.17, 15) is 0 Å². The van der Waals surface area contributed by atoms with Crippen molar-refractivity contribution in [1.29, 1.82) is 0 Å². The first-order valence-electron chi connectivity index (χ1n) is 8.24. The van der Waals surface area contributed by atoms with E-state index >= 15 is 0 Å². The highest BCUT2D eigenvalue weighted by Crippen LogP contribution is 2.30. The third kappa shape index (κ3) is 3.51. The zero-order valence-corrected chi connectivity index (χ0v) is 15.3. The average molecular weight is 403 g/mol. The SMILES string of the molecule is Nc1nccc(-c2cn(CCN3CCOCC3)c3cnc(Br)cc23)n1. The highest BCUT2D eigenvalue weighted by Gasteiger charge is 2.15. The van der Waals surface area contributed by atoms with Gasteiger partial charge in [-0.15, -0.1) is 0 Å². The molecule has 0 spiro atoms. The number of nitrogen functional groups attached to an aromatic ring is 1. The van der Waals surface area contributed by atoms with Crippen molar-refractivity contribution in [2.24, 2.45) is 0 Å². The summed E-state index contributed by atoms with van der Waals surface area (Å²) in [6, 6.07) is 3.90. The molecule has 0 atom stereocenters. The number of morpholine rings is 1. The molecule has 1 aliphatic heterocycles. The van der Waals surface area contributed by atoms with E-state index in [2.05, 4.69) is 46.5 Å². The maximum absolute atomic E-state index is 5.76. The largest absolute Gasteiger partial charge is 0.379 e. The molecule has 0 saturated carbocycles. The second-order valence-electron chi connectivity index (χ2n) is 6.01. The van der Waals surface area contributed by atoms with E-state index in [1.165, 1.54) is 0 Å². The summed E-state index contributed by atoms with van der Waals surface area (Å²) in [5.74, 6) is 0.278. The maximum atomic E-state index is 5.76. The van der Waals surface area contributed by atoms with E-state index in [1.807, 2.05) is 18.3 Å². The molecule has 3 aromatic rings. The van der Waals surface area contributed by atoms with Crippen molar-refractivity contribution >= 4 is 32.8 Å². The number of aromatic nitrogens is 4. The molecule has 0 radical (unpaired) electrons. The number of pyridine rings is 1. The first-order valence-corrected chi connectivity index (χ1v) is 9.03. The lowest BCUT2D eigenvalue weighted by Gasteiger charge is -2.26. The van der Waals surface area contributed by atoms with Crippen molar-refractivity contribution in [3.8, 4) is 11.3 Å². The summed E-state index contributed by atoms with van der Waals surface area (Å²) in [6.45, 7) is 5.46. The normalized spacial score (nSPS) is 15.7. The third-order valence-electron chi connectivity index (χ3n) is 4.45. The van der Waals surface area contributed by atoms with Gasteiger partial charge in [-0.25, -0.2) is 15.0 Å². The molecule has 0 aliphatic carbocycles. The van der Waals surface area contributed by atoms with Gasteiger partial charge in [0.15, 0.2) is 0 Å². The average Bonchev–Trinajstić information content (AvgIpc) is 2.98. The lowest BCUT2D eigenvalue weighted by Crippen LogP contribution is -2.38. The highest BCUT2D eigenvalue weighted by molar-refractivity contribution is 9.10. The van der Waals surface area contributed by atoms with Gasteiger partial charge >= 0.3 is 0 Å². The summed E-state index contributed by atoms with van der Waals surface area (Å²) in [4.78, 5) is 15.2. The molecule has 4 rings (SSSR count). The van der Waals surface area contributed by atoms with Gasteiger partial charge in [0.2, 0.25) is 5.95 Å². The molecule has 8 heteroatoms. The van der Waals surface area contributed by atoms with Crippen LogP contribution in [0.5, 0.6) is 0 Å². The predicted molar refractivity (Wildman–Crippen MR) is 100 cm³/mol. The third-order valence-corrected chi connectivity index (χ3v) is 4.88. The van der Waals surface area contributed by atoms with Crippen LogP contribution in [0.1, 0.15) is 0 Å². The number of nitrogens with two attached hydrogens (primary N) is 1. The topological polar surface area (TPSA) is 82.1 Å². The molecule has 0 bridgehead atoms. The van der Waals surface area contributed by atoms with Gasteiger partial charge in [0.05, 0.1) is 30.6 Å². The number of hydrogen-bond acceptors (Lipinski definition) is 6. The lowest BCUT2D eigenvalue weighted by atomic mass is 10.1. The van der Waals surface area contributed by atoms with Crippen LogP contribution in [0.2, 0.25) is 0 Å². The van der Waals surface area contributed by atoms with Crippen LogP contribution < -0.4 is 5.73 Å². The first kappa shape index (κ1) is 16.4. The number of fused-ring (bicyclic) bond motifs is 1. The first-order chi connectivity index (χ1) is 12.2. The molecule has 0 unspecified atom stereocenters. The van der Waals surface area contributed by atoms with E-state index in [4.69, 9.17) is 10.5 Å². The number of rotatable bonds is 4. The van der Waals surface area contributed by atoms with Crippen molar-refractivity contribution in [3.05, 3.63) is 35.3 Å². The van der Waals surface area contributed by atoms with E-state index in [1.54, 1.807) is 6.20 Å². The summed E-state index contributed by atoms with van der Waals surface area (Å²) in [7, 11) is 0. The minimum absolute atomic E-state index is 0.278. The minimum atomic E-state index is 0.278. The number of nitrogens with zero attached hydrogens (tertiary/aromatic N) is 5. The van der Waals surface area contributed by atoms with Crippen LogP contribution in [-0.2, 0) is 11.3 Å². The molecule has 3 aromatic heterocycles. The predicted octanol–water partition coefficient (Wildman–Crippen LogP) is 2.17. The van der Waals surface area contributed by atoms with Gasteiger partial charge in [-0.05, 0) is 28.1 Å². The van der Waals surface area contributed by atoms with E-state index < -0.39 is 0 Å². The Hall–Kier alpha value is -2.03. The fourth-order valence-electron chi connectivity index (χ4n) is 3.15. The van der Waals surface area contributed by atoms with Gasteiger partial charge in [0, 0.05) is 49.5 Å². The van der Waals surface area contributed by atoms with Crippen LogP contribution in [-0.4, -0.2) is 57.3 Å². The molecular formula is C17H19BrN6O. The molecule has 0 aromatic carbocycles. The maximum Gasteiger partial charge on any atom is 0.220 e. The van der Waals surface area contributed by atoms with Crippen LogP contribution in [0.15, 0.2) is 35.3 Å². The molecule has 25 heavy (non-hydrogen) atoms. The number of halogens is 1. The molecule has 2 N–H and O–H groups in total. The van der Waals surface area contributed by atoms with Crippen LogP contribution in [0.25, 0.3) is 22.2 Å². The molecule has 1 saturated heterocycles. The Kier molecular flexibility index (Phi) is 4.65. The molecule has 7 nitrogen and oxygen atoms in total. The second-order valence-corrected chi connectivity index (χ2v) is 6.83. The van der Waals surface area contributed by atoms with Gasteiger partial charge in [0.1, 0.15) is 4.60 Å². The Morgan fingerprint density at radius 1 is 1.20 bits per heavy atom. The standard InChI is InChI=1S/C17H19BrN6O/c18-16-9-12-13(14-1-2-20-17(19)22-14)11-24(15(12)10-21-16)4-3-23-5-7-25-8-6-23/h1-2,9-11H,3-8H2,(H2,19,20,22). The van der Waals surface area contributed by atoms with Gasteiger partial charge in [-0.3, -0.25) is 4.90 Å². The molecule has 130 valence electrons. The van der Waals surface area contributed by atoms with Crippen molar-refractivity contribution < 1.29 is 4.74 Å². The summed E-state index contributed by atoms with van der Waals surface area (Å²) in [5.41, 5.74) is 8.71. The number of ether oxygens (including phenoxy) is 1. The summed E-state index contributed by atoms with van der Waals surface area (Å²) in [5, 5.41) is 1.10. The van der Waals surface area contributed by atoms with Crippen molar-refractivity contribution in [2.45, 2.75) is 6.54 Å². The Morgan fingerprint density at radius 3 is 2.84 bits per heavy atom. The zero-order valence-electron chi connectivity index (χ0n) is 13.7. The van der Waals surface area contributed by atoms with Gasteiger partial charge < -0.3 is 15.0 Å². The summed E-state index contributed by atoms with van der Waals surface area (Å²) in [6.07, 6.45) is 5.71. The van der Waals surface area contributed by atoms with Gasteiger partial charge in [-0.1, -0.05) is 0 Å². The quantitative estimate of drug-likeness (QED) is 0.673. The van der Waals surface area contributed by atoms with Crippen molar-refractivity contribution in [3.63, 3.8) is 0 Å². The molecule has 1 fully saturated rings. The summed E-state index contributed by atoms with van der Waals surface area (Å²) >= 11 is 3.46. The van der Waals surface area contributed by atoms with E-state index in [-0.39, 0.29) is 5.95 Å². The molecule has 0 amide bonds. The fourth-order valence-corrected chi connectivity index (χ4v) is 3.48. The second kappa shape index (κ2) is 7.07. The van der Waals surface area contributed by atoms with E-state index in [0.29, 0.717) is 0 Å². The van der Waals surface area contributed by atoms with Crippen LogP contribution in [0.4, 0.5) is 5.95 Å². The smallest absolute Gasteiger partial charge is 0.220 e.